The van der Waals surface area contributed by atoms with Crippen LogP contribution in [0.25, 0.3) is 0 Å². The van der Waals surface area contributed by atoms with Gasteiger partial charge in [0.25, 0.3) is 11.8 Å². The van der Waals surface area contributed by atoms with Gasteiger partial charge in [-0.3, -0.25) is 24.7 Å². The molecule has 0 saturated carbocycles. The zero-order valence-corrected chi connectivity index (χ0v) is 17.8. The first-order valence-electron chi connectivity index (χ1n) is 9.88. The lowest BCUT2D eigenvalue weighted by Gasteiger charge is -2.49. The number of thioether (sulfide) groups is 1. The van der Waals surface area contributed by atoms with Gasteiger partial charge in [0.05, 0.1) is 0 Å². The number of amidine groups is 1. The number of amides is 3. The average Bonchev–Trinajstić information content (AvgIpc) is 2.71. The minimum atomic E-state index is -0.679. The number of aryl methyl sites for hydroxylation is 1. The van der Waals surface area contributed by atoms with Gasteiger partial charge in [-0.05, 0) is 43.0 Å². The highest BCUT2D eigenvalue weighted by Gasteiger charge is 2.53. The number of rotatable bonds is 7. The Morgan fingerprint density at radius 3 is 2.63 bits per heavy atom. The van der Waals surface area contributed by atoms with Crippen molar-refractivity contribution in [2.75, 3.05) is 5.75 Å². The normalized spacial score (nSPS) is 20.4. The van der Waals surface area contributed by atoms with Gasteiger partial charge in [-0.1, -0.05) is 19.1 Å². The van der Waals surface area contributed by atoms with Crippen LogP contribution in [0.4, 0.5) is 4.39 Å². The molecule has 160 valence electrons. The molecule has 0 bridgehead atoms. The first-order chi connectivity index (χ1) is 14.3. The van der Waals surface area contributed by atoms with E-state index >= 15 is 0 Å². The molecule has 2 atom stereocenters. The maximum Gasteiger partial charge on any atom is 0.273 e. The summed E-state index contributed by atoms with van der Waals surface area (Å²) in [4.78, 5) is 39.1. The van der Waals surface area contributed by atoms with Crippen LogP contribution in [-0.2, 0) is 20.8 Å². The van der Waals surface area contributed by atoms with E-state index in [4.69, 9.17) is 5.41 Å². The van der Waals surface area contributed by atoms with Crippen molar-refractivity contribution in [3.63, 3.8) is 0 Å². The highest BCUT2D eigenvalue weighted by Crippen LogP contribution is 2.40. The molecule has 9 heteroatoms. The molecule has 3 rings (SSSR count). The number of carbonyl (C=O) groups excluding carboxylic acids is 3. The van der Waals surface area contributed by atoms with Crippen LogP contribution in [0.1, 0.15) is 38.7 Å². The van der Waals surface area contributed by atoms with Crippen LogP contribution in [0.15, 0.2) is 35.5 Å². The lowest BCUT2D eigenvalue weighted by molar-refractivity contribution is -0.147. The van der Waals surface area contributed by atoms with Gasteiger partial charge in [0.15, 0.2) is 0 Å². The highest BCUT2D eigenvalue weighted by atomic mass is 32.2. The number of nitrogens with zero attached hydrogens (tertiary/aromatic N) is 1. The number of benzene rings is 1. The molecule has 1 fully saturated rings. The van der Waals surface area contributed by atoms with Gasteiger partial charge in [0.2, 0.25) is 5.91 Å². The molecule has 1 saturated heterocycles. The minimum absolute atomic E-state index is 0.121. The Hall–Kier alpha value is -2.68. The zero-order valence-electron chi connectivity index (χ0n) is 17.0. The molecule has 2 aliphatic rings. The lowest BCUT2D eigenvalue weighted by Crippen LogP contribution is -2.71. The van der Waals surface area contributed by atoms with Crippen molar-refractivity contribution in [1.29, 1.82) is 5.41 Å². The fraction of sp³-hybridized carbons (Fsp3) is 0.429. The van der Waals surface area contributed by atoms with E-state index in [2.05, 4.69) is 10.6 Å². The standard InChI is InChI=1S/C21H25FN4O3S/c1-3-4-15(23)24-19(28)18-12(2)11-30-21-17(20(29)26(18)21)25-16(27)10-7-13-5-8-14(22)9-6-13/h5-6,8-9,17,21H,3-4,7,10-11H2,1-2H3,(H,25,27)(H2,23,24,28)/t17-,21-/m1/s1. The number of fused-ring (bicyclic) bond motifs is 1. The summed E-state index contributed by atoms with van der Waals surface area (Å²) in [5.74, 6) is -0.679. The van der Waals surface area contributed by atoms with Gasteiger partial charge >= 0.3 is 0 Å². The molecule has 0 unspecified atom stereocenters. The molecule has 30 heavy (non-hydrogen) atoms. The summed E-state index contributed by atoms with van der Waals surface area (Å²) < 4.78 is 13.0. The molecule has 0 radical (unpaired) electrons. The van der Waals surface area contributed by atoms with E-state index in [0.717, 1.165) is 17.6 Å². The number of halogens is 1. The van der Waals surface area contributed by atoms with E-state index in [1.54, 1.807) is 19.1 Å². The molecule has 3 N–H and O–H groups in total. The SMILES string of the molecule is CCCC(=N)NC(=O)C1=C(C)CS[C@@H]2[C@H](NC(=O)CCc3ccc(F)cc3)C(=O)N12. The monoisotopic (exact) mass is 432 g/mol. The Morgan fingerprint density at radius 2 is 1.97 bits per heavy atom. The predicted molar refractivity (Wildman–Crippen MR) is 113 cm³/mol. The minimum Gasteiger partial charge on any atom is -0.342 e. The highest BCUT2D eigenvalue weighted by molar-refractivity contribution is 8.00. The smallest absolute Gasteiger partial charge is 0.273 e. The molecule has 1 aromatic carbocycles. The van der Waals surface area contributed by atoms with Crippen LogP contribution in [0.2, 0.25) is 0 Å². The van der Waals surface area contributed by atoms with Crippen LogP contribution in [0.3, 0.4) is 0 Å². The van der Waals surface area contributed by atoms with Gasteiger partial charge in [-0.2, -0.15) is 0 Å². The van der Waals surface area contributed by atoms with Crippen molar-refractivity contribution in [3.8, 4) is 0 Å². The molecule has 3 amide bonds. The molecule has 2 heterocycles. The van der Waals surface area contributed by atoms with Crippen LogP contribution < -0.4 is 10.6 Å². The number of β-lactam (4-membered cyclic amide) rings is 1. The third kappa shape index (κ3) is 4.72. The van der Waals surface area contributed by atoms with Gasteiger partial charge in [0, 0.05) is 18.6 Å². The second-order valence-corrected chi connectivity index (χ2v) is 8.50. The van der Waals surface area contributed by atoms with Crippen LogP contribution in [0.5, 0.6) is 0 Å². The van der Waals surface area contributed by atoms with Gasteiger partial charge in [-0.25, -0.2) is 4.39 Å². The topological polar surface area (TPSA) is 102 Å². The maximum absolute atomic E-state index is 13.0. The lowest BCUT2D eigenvalue weighted by atomic mass is 10.0. The Morgan fingerprint density at radius 1 is 1.27 bits per heavy atom. The molecule has 1 aromatic rings. The number of carbonyl (C=O) groups is 3. The summed E-state index contributed by atoms with van der Waals surface area (Å²) in [6.07, 6.45) is 1.82. The number of hydrogen-bond acceptors (Lipinski definition) is 5. The van der Waals surface area contributed by atoms with Crippen molar-refractivity contribution in [2.24, 2.45) is 0 Å². The van der Waals surface area contributed by atoms with Crippen molar-refractivity contribution in [3.05, 3.63) is 46.9 Å². The van der Waals surface area contributed by atoms with Crippen LogP contribution in [-0.4, -0.2) is 45.6 Å². The van der Waals surface area contributed by atoms with E-state index < -0.39 is 11.9 Å². The summed E-state index contributed by atoms with van der Waals surface area (Å²) in [6.45, 7) is 3.71. The second-order valence-electron chi connectivity index (χ2n) is 7.39. The zero-order chi connectivity index (χ0) is 21.8. The Labute approximate surface area is 179 Å². The summed E-state index contributed by atoms with van der Waals surface area (Å²) >= 11 is 1.50. The van der Waals surface area contributed by atoms with Crippen LogP contribution >= 0.6 is 11.8 Å². The van der Waals surface area contributed by atoms with Crippen molar-refractivity contribution < 1.29 is 18.8 Å². The Balaban J connectivity index is 1.58. The molecular formula is C21H25FN4O3S. The van der Waals surface area contributed by atoms with Crippen LogP contribution in [0, 0.1) is 11.2 Å². The summed E-state index contributed by atoms with van der Waals surface area (Å²) in [6, 6.07) is 5.28. The molecular weight excluding hydrogens is 407 g/mol. The molecule has 7 nitrogen and oxygen atoms in total. The van der Waals surface area contributed by atoms with Gasteiger partial charge in [-0.15, -0.1) is 11.8 Å². The third-order valence-corrected chi connectivity index (χ3v) is 6.43. The quantitative estimate of drug-likeness (QED) is 0.350. The average molecular weight is 433 g/mol. The summed E-state index contributed by atoms with van der Waals surface area (Å²) in [7, 11) is 0. The molecule has 2 aliphatic heterocycles. The molecule has 0 aliphatic carbocycles. The first kappa shape index (κ1) is 22.0. The van der Waals surface area contributed by atoms with Crippen molar-refractivity contribution in [1.82, 2.24) is 15.5 Å². The number of nitrogens with one attached hydrogen (secondary N) is 3. The van der Waals surface area contributed by atoms with E-state index in [9.17, 15) is 18.8 Å². The van der Waals surface area contributed by atoms with Gasteiger partial charge in [0.1, 0.15) is 28.8 Å². The third-order valence-electron chi connectivity index (χ3n) is 5.01. The largest absolute Gasteiger partial charge is 0.342 e. The molecule has 0 spiro atoms. The second kappa shape index (κ2) is 9.42. The molecule has 0 aromatic heterocycles. The maximum atomic E-state index is 13.0. The van der Waals surface area contributed by atoms with E-state index in [0.29, 0.717) is 18.6 Å². The van der Waals surface area contributed by atoms with E-state index in [1.165, 1.54) is 28.8 Å². The van der Waals surface area contributed by atoms with E-state index in [-0.39, 0.29) is 41.0 Å². The Bertz CT molecular complexity index is 900. The summed E-state index contributed by atoms with van der Waals surface area (Å²) in [5.41, 5.74) is 1.89. The number of hydrogen-bond donors (Lipinski definition) is 3. The summed E-state index contributed by atoms with van der Waals surface area (Å²) in [5, 5.41) is 12.8. The fourth-order valence-corrected chi connectivity index (χ4v) is 4.75. The fourth-order valence-electron chi connectivity index (χ4n) is 3.46. The van der Waals surface area contributed by atoms with E-state index in [1.807, 2.05) is 6.92 Å². The van der Waals surface area contributed by atoms with Gasteiger partial charge < -0.3 is 10.6 Å². The Kier molecular flexibility index (Phi) is 6.91. The predicted octanol–water partition coefficient (Wildman–Crippen LogP) is 2.33. The van der Waals surface area contributed by atoms with Crippen molar-refractivity contribution in [2.45, 2.75) is 50.9 Å². The first-order valence-corrected chi connectivity index (χ1v) is 10.9. The van der Waals surface area contributed by atoms with Crippen molar-refractivity contribution >= 4 is 35.3 Å².